The minimum absolute atomic E-state index is 0.0666. The number of carbonyl (C=O) groups excluding carboxylic acids is 1. The topological polar surface area (TPSA) is 84.6 Å². The van der Waals surface area contributed by atoms with Crippen LogP contribution in [-0.2, 0) is 11.2 Å². The van der Waals surface area contributed by atoms with Gasteiger partial charge in [-0.05, 0) is 18.1 Å². The van der Waals surface area contributed by atoms with Crippen molar-refractivity contribution in [1.29, 1.82) is 0 Å². The number of para-hydroxylation sites is 1. The molecule has 23 heavy (non-hydrogen) atoms. The second-order valence-corrected chi connectivity index (χ2v) is 6.45. The molecule has 2 heterocycles. The first-order valence-electron chi connectivity index (χ1n) is 7.93. The Bertz CT molecular complexity index is 668. The van der Waals surface area contributed by atoms with Crippen LogP contribution >= 0.6 is 11.8 Å². The zero-order valence-electron chi connectivity index (χ0n) is 13.1. The molecule has 6 nitrogen and oxygen atoms in total. The number of aromatic nitrogens is 2. The molecule has 2 aromatic rings. The summed E-state index contributed by atoms with van der Waals surface area (Å²) in [5.41, 5.74) is 2.00. The fourth-order valence-corrected chi connectivity index (χ4v) is 3.26. The van der Waals surface area contributed by atoms with Gasteiger partial charge in [0, 0.05) is 18.5 Å². The maximum absolute atomic E-state index is 12.1. The number of anilines is 1. The zero-order chi connectivity index (χ0) is 16.1. The average molecular weight is 333 g/mol. The van der Waals surface area contributed by atoms with Crippen molar-refractivity contribution in [3.8, 4) is 0 Å². The quantitative estimate of drug-likeness (QED) is 0.787. The molecule has 1 unspecified atom stereocenters. The maximum Gasteiger partial charge on any atom is 0.277 e. The molecule has 1 aromatic heterocycles. The van der Waals surface area contributed by atoms with Gasteiger partial charge in [-0.15, -0.1) is 10.2 Å². The summed E-state index contributed by atoms with van der Waals surface area (Å²) in [4.78, 5) is 12.1. The van der Waals surface area contributed by atoms with Crippen molar-refractivity contribution >= 4 is 23.4 Å². The highest BCUT2D eigenvalue weighted by Gasteiger charge is 2.26. The van der Waals surface area contributed by atoms with E-state index < -0.39 is 0 Å². The number of hydrogen-bond acceptors (Lipinski definition) is 5. The third kappa shape index (κ3) is 4.11. The van der Waals surface area contributed by atoms with E-state index in [2.05, 4.69) is 27.8 Å². The lowest BCUT2D eigenvalue weighted by Crippen LogP contribution is -2.81. The first-order chi connectivity index (χ1) is 11.3. The summed E-state index contributed by atoms with van der Waals surface area (Å²) in [7, 11) is 0. The lowest BCUT2D eigenvalue weighted by molar-refractivity contribution is -0.678. The van der Waals surface area contributed by atoms with Gasteiger partial charge in [0.05, 0.1) is 12.3 Å². The monoisotopic (exact) mass is 333 g/mol. The summed E-state index contributed by atoms with van der Waals surface area (Å²) in [6, 6.07) is 8.11. The maximum atomic E-state index is 12.1. The number of quaternary nitrogens is 1. The summed E-state index contributed by atoms with van der Waals surface area (Å²) in [6.45, 7) is 3.18. The second kappa shape index (κ2) is 7.61. The minimum atomic E-state index is -0.0666. The Morgan fingerprint density at radius 3 is 3.09 bits per heavy atom. The molecule has 3 rings (SSSR count). The Morgan fingerprint density at radius 2 is 2.30 bits per heavy atom. The van der Waals surface area contributed by atoms with Gasteiger partial charge < -0.3 is 15.1 Å². The second-order valence-electron chi connectivity index (χ2n) is 5.53. The van der Waals surface area contributed by atoms with Crippen LogP contribution in [0.25, 0.3) is 0 Å². The summed E-state index contributed by atoms with van der Waals surface area (Å²) >= 11 is 1.27. The fraction of sp³-hybridized carbons (Fsp3) is 0.438. The molecular formula is C16H21N4O2S+. The number of thioether (sulfide) groups is 1. The molecule has 1 fully saturated rings. The smallest absolute Gasteiger partial charge is 0.277 e. The van der Waals surface area contributed by atoms with Crippen LogP contribution < -0.4 is 10.6 Å². The number of benzene rings is 1. The summed E-state index contributed by atoms with van der Waals surface area (Å²) in [6.07, 6.45) is 3.13. The van der Waals surface area contributed by atoms with Gasteiger partial charge in [0.2, 0.25) is 5.91 Å². The molecular weight excluding hydrogens is 312 g/mol. The third-order valence-corrected chi connectivity index (χ3v) is 4.73. The van der Waals surface area contributed by atoms with Gasteiger partial charge in [0.15, 0.2) is 6.04 Å². The van der Waals surface area contributed by atoms with E-state index in [1.54, 1.807) is 0 Å². The van der Waals surface area contributed by atoms with Crippen LogP contribution in [0, 0.1) is 0 Å². The minimum Gasteiger partial charge on any atom is -0.410 e. The molecule has 0 aliphatic carbocycles. The molecule has 7 heteroatoms. The van der Waals surface area contributed by atoms with E-state index in [0.717, 1.165) is 30.6 Å². The van der Waals surface area contributed by atoms with E-state index in [-0.39, 0.29) is 17.7 Å². The molecule has 1 aliphatic heterocycles. The van der Waals surface area contributed by atoms with Gasteiger partial charge in [-0.25, -0.2) is 0 Å². The molecule has 1 aromatic carbocycles. The summed E-state index contributed by atoms with van der Waals surface area (Å²) in [5, 5.41) is 13.7. The average Bonchev–Trinajstić information content (AvgIpc) is 3.24. The highest BCUT2D eigenvalue weighted by molar-refractivity contribution is 7.99. The molecule has 0 spiro atoms. The first kappa shape index (κ1) is 16.0. The summed E-state index contributed by atoms with van der Waals surface area (Å²) in [5.74, 6) is 0.860. The molecule has 1 aliphatic rings. The van der Waals surface area contributed by atoms with Crippen LogP contribution in [-0.4, -0.2) is 28.4 Å². The normalized spacial score (nSPS) is 17.3. The van der Waals surface area contributed by atoms with E-state index in [1.165, 1.54) is 18.2 Å². The molecule has 3 N–H and O–H groups in total. The zero-order valence-corrected chi connectivity index (χ0v) is 13.9. The van der Waals surface area contributed by atoms with E-state index in [4.69, 9.17) is 4.42 Å². The predicted molar refractivity (Wildman–Crippen MR) is 88.2 cm³/mol. The highest BCUT2D eigenvalue weighted by Crippen LogP contribution is 2.22. The number of carbonyl (C=O) groups is 1. The van der Waals surface area contributed by atoms with Crippen molar-refractivity contribution in [3.63, 3.8) is 0 Å². The molecule has 1 saturated heterocycles. The van der Waals surface area contributed by atoms with Gasteiger partial charge in [0.1, 0.15) is 0 Å². The van der Waals surface area contributed by atoms with Crippen molar-refractivity contribution in [2.45, 2.75) is 37.5 Å². The van der Waals surface area contributed by atoms with Gasteiger partial charge >= 0.3 is 0 Å². The van der Waals surface area contributed by atoms with Crippen LogP contribution in [0.1, 0.15) is 37.3 Å². The number of hydrogen-bond donors (Lipinski definition) is 2. The molecule has 1 atom stereocenters. The largest absolute Gasteiger partial charge is 0.410 e. The highest BCUT2D eigenvalue weighted by atomic mass is 32.2. The Morgan fingerprint density at radius 1 is 1.43 bits per heavy atom. The number of rotatable bonds is 6. The van der Waals surface area contributed by atoms with Crippen molar-refractivity contribution in [2.24, 2.45) is 0 Å². The van der Waals surface area contributed by atoms with Gasteiger partial charge in [-0.3, -0.25) is 4.79 Å². The van der Waals surface area contributed by atoms with Crippen LogP contribution in [0.2, 0.25) is 0 Å². The molecule has 1 amide bonds. The molecule has 0 bridgehead atoms. The van der Waals surface area contributed by atoms with Gasteiger partial charge in [0.25, 0.3) is 11.1 Å². The lowest BCUT2D eigenvalue weighted by Gasteiger charge is -2.08. The molecule has 122 valence electrons. The number of nitrogens with one attached hydrogen (secondary N) is 1. The number of aryl methyl sites for hydroxylation is 1. The van der Waals surface area contributed by atoms with E-state index in [9.17, 15) is 4.79 Å². The van der Waals surface area contributed by atoms with Crippen molar-refractivity contribution in [2.75, 3.05) is 17.6 Å². The Labute approximate surface area is 139 Å². The van der Waals surface area contributed by atoms with Gasteiger partial charge in [-0.1, -0.05) is 36.9 Å². The number of nitrogens with zero attached hydrogens (tertiary/aromatic N) is 2. The van der Waals surface area contributed by atoms with Crippen LogP contribution in [0.4, 0.5) is 5.69 Å². The standard InChI is InChI=1S/C16H20N4O2S/c1-2-11-6-3-4-7-12(11)18-14(21)10-23-16-20-19-15(22-16)13-8-5-9-17-13/h3-4,6-7,13,17H,2,5,8-10H2,1H3,(H,18,21)/p+1. The van der Waals surface area contributed by atoms with Crippen molar-refractivity contribution < 1.29 is 14.5 Å². The molecule has 0 radical (unpaired) electrons. The van der Waals surface area contributed by atoms with Crippen LogP contribution in [0.15, 0.2) is 33.9 Å². The number of amides is 1. The Hall–Kier alpha value is -1.86. The van der Waals surface area contributed by atoms with Crippen LogP contribution in [0.5, 0.6) is 0 Å². The summed E-state index contributed by atoms with van der Waals surface area (Å²) < 4.78 is 5.64. The van der Waals surface area contributed by atoms with E-state index >= 15 is 0 Å². The van der Waals surface area contributed by atoms with Crippen LogP contribution in [0.3, 0.4) is 0 Å². The van der Waals surface area contributed by atoms with Crippen molar-refractivity contribution in [1.82, 2.24) is 10.2 Å². The fourth-order valence-electron chi connectivity index (χ4n) is 2.69. The Balaban J connectivity index is 1.52. The SMILES string of the molecule is CCc1ccccc1NC(=O)CSc1nnc(C2CCC[NH2+]2)o1. The number of nitrogens with two attached hydrogens (primary N) is 1. The first-order valence-corrected chi connectivity index (χ1v) is 8.92. The van der Waals surface area contributed by atoms with Gasteiger partial charge in [-0.2, -0.15) is 0 Å². The van der Waals surface area contributed by atoms with E-state index in [1.807, 2.05) is 24.3 Å². The Kier molecular flexibility index (Phi) is 5.30. The van der Waals surface area contributed by atoms with E-state index in [0.29, 0.717) is 11.1 Å². The predicted octanol–water partition coefficient (Wildman–Crippen LogP) is 1.76. The molecule has 0 saturated carbocycles. The van der Waals surface area contributed by atoms with Crippen molar-refractivity contribution in [3.05, 3.63) is 35.7 Å². The lowest BCUT2D eigenvalue weighted by atomic mass is 10.1. The third-order valence-electron chi connectivity index (χ3n) is 3.91.